The van der Waals surface area contributed by atoms with Crippen LogP contribution < -0.4 is 10.6 Å². The van der Waals surface area contributed by atoms with Crippen molar-refractivity contribution in [2.24, 2.45) is 0 Å². The zero-order chi connectivity index (χ0) is 13.9. The number of nitrogens with one attached hydrogen (secondary N) is 2. The van der Waals surface area contributed by atoms with Crippen molar-refractivity contribution in [1.82, 2.24) is 15.5 Å². The summed E-state index contributed by atoms with van der Waals surface area (Å²) in [6, 6.07) is -0.560. The molecule has 0 aromatic rings. The SMILES string of the molecule is CC(O)CCNC(=O)CN1C(=O)NC(C)(C)C1=O. The van der Waals surface area contributed by atoms with Gasteiger partial charge in [0.25, 0.3) is 5.91 Å². The van der Waals surface area contributed by atoms with Gasteiger partial charge in [-0.25, -0.2) is 4.79 Å². The van der Waals surface area contributed by atoms with Gasteiger partial charge in [0.15, 0.2) is 0 Å². The van der Waals surface area contributed by atoms with Gasteiger partial charge in [0, 0.05) is 6.54 Å². The second-order valence-electron chi connectivity index (χ2n) is 4.93. The van der Waals surface area contributed by atoms with Gasteiger partial charge >= 0.3 is 6.03 Å². The Kier molecular flexibility index (Phi) is 4.28. The minimum atomic E-state index is -0.961. The molecule has 1 aliphatic rings. The molecule has 0 aliphatic carbocycles. The largest absolute Gasteiger partial charge is 0.393 e. The van der Waals surface area contributed by atoms with Crippen molar-refractivity contribution in [2.45, 2.75) is 38.8 Å². The number of nitrogens with zero attached hydrogens (tertiary/aromatic N) is 1. The summed E-state index contributed by atoms with van der Waals surface area (Å²) in [7, 11) is 0. The molecule has 1 rings (SSSR count). The van der Waals surface area contributed by atoms with E-state index < -0.39 is 29.5 Å². The van der Waals surface area contributed by atoms with Crippen LogP contribution in [0, 0.1) is 0 Å². The molecule has 1 atom stereocenters. The van der Waals surface area contributed by atoms with Crippen LogP contribution in [0.3, 0.4) is 0 Å². The lowest BCUT2D eigenvalue weighted by atomic mass is 10.1. The fourth-order valence-corrected chi connectivity index (χ4v) is 1.58. The molecule has 102 valence electrons. The standard InChI is InChI=1S/C11H19N3O4/c1-7(15)4-5-12-8(16)6-14-9(17)11(2,3)13-10(14)18/h7,15H,4-6H2,1-3H3,(H,12,16)(H,13,18). The monoisotopic (exact) mass is 257 g/mol. The first kappa shape index (κ1) is 14.4. The highest BCUT2D eigenvalue weighted by Gasteiger charge is 2.44. The highest BCUT2D eigenvalue weighted by atomic mass is 16.3. The Morgan fingerprint density at radius 3 is 2.56 bits per heavy atom. The molecule has 1 unspecified atom stereocenters. The van der Waals surface area contributed by atoms with Crippen molar-refractivity contribution in [3.8, 4) is 0 Å². The van der Waals surface area contributed by atoms with Crippen LogP contribution in [0.1, 0.15) is 27.2 Å². The van der Waals surface area contributed by atoms with Gasteiger partial charge in [-0.15, -0.1) is 0 Å². The number of hydrogen-bond donors (Lipinski definition) is 3. The van der Waals surface area contributed by atoms with E-state index in [-0.39, 0.29) is 6.54 Å². The van der Waals surface area contributed by atoms with Crippen molar-refractivity contribution in [3.05, 3.63) is 0 Å². The van der Waals surface area contributed by atoms with Crippen molar-refractivity contribution < 1.29 is 19.5 Å². The lowest BCUT2D eigenvalue weighted by Crippen LogP contribution is -2.43. The van der Waals surface area contributed by atoms with Crippen molar-refractivity contribution in [3.63, 3.8) is 0 Å². The smallest absolute Gasteiger partial charge is 0.325 e. The van der Waals surface area contributed by atoms with Gasteiger partial charge in [-0.1, -0.05) is 0 Å². The highest BCUT2D eigenvalue weighted by Crippen LogP contribution is 2.15. The van der Waals surface area contributed by atoms with Gasteiger partial charge < -0.3 is 15.7 Å². The summed E-state index contributed by atoms with van der Waals surface area (Å²) in [5.74, 6) is -0.838. The van der Waals surface area contributed by atoms with Crippen LogP contribution >= 0.6 is 0 Å². The number of hydrogen-bond acceptors (Lipinski definition) is 4. The molecule has 0 aromatic carbocycles. The van der Waals surface area contributed by atoms with E-state index in [1.807, 2.05) is 0 Å². The normalized spacial score (nSPS) is 19.7. The van der Waals surface area contributed by atoms with Crippen LogP contribution in [-0.2, 0) is 9.59 Å². The van der Waals surface area contributed by atoms with Crippen molar-refractivity contribution in [2.75, 3.05) is 13.1 Å². The van der Waals surface area contributed by atoms with E-state index in [1.165, 1.54) is 0 Å². The molecule has 0 radical (unpaired) electrons. The molecule has 4 amide bonds. The Bertz CT molecular complexity index is 365. The van der Waals surface area contributed by atoms with Crippen LogP contribution in [0.25, 0.3) is 0 Å². The van der Waals surface area contributed by atoms with Gasteiger partial charge in [0.2, 0.25) is 5.91 Å². The summed E-state index contributed by atoms with van der Waals surface area (Å²) >= 11 is 0. The first-order chi connectivity index (χ1) is 8.24. The van der Waals surface area contributed by atoms with E-state index in [9.17, 15) is 14.4 Å². The van der Waals surface area contributed by atoms with Crippen LogP contribution in [-0.4, -0.2) is 52.6 Å². The molecule has 1 heterocycles. The average molecular weight is 257 g/mol. The van der Waals surface area contributed by atoms with Gasteiger partial charge in [0.1, 0.15) is 12.1 Å². The minimum absolute atomic E-state index is 0.298. The van der Waals surface area contributed by atoms with Gasteiger partial charge in [-0.05, 0) is 27.2 Å². The Hall–Kier alpha value is -1.63. The third kappa shape index (κ3) is 3.43. The Morgan fingerprint density at radius 2 is 2.11 bits per heavy atom. The van der Waals surface area contributed by atoms with Crippen molar-refractivity contribution >= 4 is 17.8 Å². The molecular weight excluding hydrogens is 238 g/mol. The summed E-state index contributed by atoms with van der Waals surface area (Å²) in [4.78, 5) is 35.7. The third-order valence-electron chi connectivity index (χ3n) is 2.63. The molecule has 7 nitrogen and oxygen atoms in total. The molecule has 1 aliphatic heterocycles. The number of urea groups is 1. The van der Waals surface area contributed by atoms with E-state index >= 15 is 0 Å². The predicted molar refractivity (Wildman–Crippen MR) is 63.6 cm³/mol. The number of rotatable bonds is 5. The molecule has 0 aromatic heterocycles. The van der Waals surface area contributed by atoms with E-state index in [2.05, 4.69) is 10.6 Å². The molecule has 3 N–H and O–H groups in total. The molecule has 18 heavy (non-hydrogen) atoms. The fraction of sp³-hybridized carbons (Fsp3) is 0.727. The maximum absolute atomic E-state index is 11.8. The number of carbonyl (C=O) groups is 3. The lowest BCUT2D eigenvalue weighted by molar-refractivity contribution is -0.134. The fourth-order valence-electron chi connectivity index (χ4n) is 1.58. The zero-order valence-corrected chi connectivity index (χ0v) is 10.8. The molecule has 1 fully saturated rings. The Balaban J connectivity index is 2.45. The van der Waals surface area contributed by atoms with Crippen LogP contribution in [0.4, 0.5) is 4.79 Å². The summed E-state index contributed by atoms with van der Waals surface area (Å²) in [5, 5.41) is 14.0. The molecule has 7 heteroatoms. The summed E-state index contributed by atoms with van der Waals surface area (Å²) in [6.45, 7) is 4.79. The third-order valence-corrected chi connectivity index (χ3v) is 2.63. The summed E-state index contributed by atoms with van der Waals surface area (Å²) in [5.41, 5.74) is -0.961. The van der Waals surface area contributed by atoms with Gasteiger partial charge in [-0.3, -0.25) is 14.5 Å². The van der Waals surface area contributed by atoms with Crippen LogP contribution in [0.2, 0.25) is 0 Å². The van der Waals surface area contributed by atoms with E-state index in [1.54, 1.807) is 20.8 Å². The summed E-state index contributed by atoms with van der Waals surface area (Å²) in [6.07, 6.45) is -0.0712. The summed E-state index contributed by atoms with van der Waals surface area (Å²) < 4.78 is 0. The molecule has 0 saturated carbocycles. The maximum Gasteiger partial charge on any atom is 0.325 e. The predicted octanol–water partition coefficient (Wildman–Crippen LogP) is -0.796. The van der Waals surface area contributed by atoms with Gasteiger partial charge in [-0.2, -0.15) is 0 Å². The number of amides is 4. The minimum Gasteiger partial charge on any atom is -0.393 e. The lowest BCUT2D eigenvalue weighted by Gasteiger charge is -2.15. The van der Waals surface area contributed by atoms with E-state index in [0.29, 0.717) is 13.0 Å². The molecule has 0 bridgehead atoms. The second-order valence-corrected chi connectivity index (χ2v) is 4.93. The Labute approximate surface area is 106 Å². The second kappa shape index (κ2) is 5.34. The molecular formula is C11H19N3O4. The molecule has 0 spiro atoms. The topological polar surface area (TPSA) is 98.7 Å². The van der Waals surface area contributed by atoms with E-state index in [0.717, 1.165) is 4.90 Å². The number of aliphatic hydroxyl groups excluding tert-OH is 1. The average Bonchev–Trinajstić information content (AvgIpc) is 2.40. The number of aliphatic hydroxyl groups is 1. The first-order valence-electron chi connectivity index (χ1n) is 5.83. The number of imide groups is 1. The van der Waals surface area contributed by atoms with Gasteiger partial charge in [0.05, 0.1) is 6.10 Å². The van der Waals surface area contributed by atoms with E-state index in [4.69, 9.17) is 5.11 Å². The highest BCUT2D eigenvalue weighted by molar-refractivity contribution is 6.08. The maximum atomic E-state index is 11.8. The molecule has 1 saturated heterocycles. The zero-order valence-electron chi connectivity index (χ0n) is 10.8. The van der Waals surface area contributed by atoms with Crippen LogP contribution in [0.15, 0.2) is 0 Å². The van der Waals surface area contributed by atoms with Crippen molar-refractivity contribution in [1.29, 1.82) is 0 Å². The first-order valence-corrected chi connectivity index (χ1v) is 5.83. The number of carbonyl (C=O) groups excluding carboxylic acids is 3. The Morgan fingerprint density at radius 1 is 1.50 bits per heavy atom. The van der Waals surface area contributed by atoms with Crippen LogP contribution in [0.5, 0.6) is 0 Å². The quantitative estimate of drug-likeness (QED) is 0.562.